The zero-order chi connectivity index (χ0) is 23.5. The van der Waals surface area contributed by atoms with E-state index in [1.807, 2.05) is 24.3 Å². The SMILES string of the molecule is O=C(c1ccc(N2C(=O)CCC2=O)cc1)N(CCCN1CCOCC1)c1nc2ccccc2s1. The molecule has 2 aliphatic heterocycles. The molecule has 8 nitrogen and oxygen atoms in total. The molecule has 0 atom stereocenters. The number of morpholine rings is 1. The van der Waals surface area contributed by atoms with Crippen molar-refractivity contribution in [3.63, 3.8) is 0 Å². The first-order valence-corrected chi connectivity index (χ1v) is 12.4. The van der Waals surface area contributed by atoms with Gasteiger partial charge in [-0.2, -0.15) is 0 Å². The monoisotopic (exact) mass is 478 g/mol. The molecule has 2 saturated heterocycles. The van der Waals surface area contributed by atoms with Gasteiger partial charge in [0.15, 0.2) is 5.13 Å². The lowest BCUT2D eigenvalue weighted by atomic mass is 10.1. The highest BCUT2D eigenvalue weighted by Gasteiger charge is 2.30. The molecule has 0 bridgehead atoms. The van der Waals surface area contributed by atoms with Crippen molar-refractivity contribution in [3.05, 3.63) is 54.1 Å². The number of hydrogen-bond acceptors (Lipinski definition) is 7. The van der Waals surface area contributed by atoms with Crippen molar-refractivity contribution in [2.75, 3.05) is 49.2 Å². The summed E-state index contributed by atoms with van der Waals surface area (Å²) < 4.78 is 6.46. The molecule has 34 heavy (non-hydrogen) atoms. The molecule has 3 heterocycles. The van der Waals surface area contributed by atoms with E-state index in [-0.39, 0.29) is 30.6 Å². The predicted octanol–water partition coefficient (Wildman–Crippen LogP) is 3.32. The molecule has 0 N–H and O–H groups in total. The number of para-hydroxylation sites is 1. The summed E-state index contributed by atoms with van der Waals surface area (Å²) in [6.45, 7) is 4.73. The first kappa shape index (κ1) is 22.6. The Hall–Kier alpha value is -3.14. The van der Waals surface area contributed by atoms with Gasteiger partial charge in [-0.15, -0.1) is 0 Å². The van der Waals surface area contributed by atoms with Gasteiger partial charge in [0.05, 0.1) is 29.1 Å². The third-order valence-electron chi connectivity index (χ3n) is 6.14. The summed E-state index contributed by atoms with van der Waals surface area (Å²) in [5.41, 5.74) is 1.87. The largest absolute Gasteiger partial charge is 0.379 e. The van der Waals surface area contributed by atoms with Crippen LogP contribution in [-0.4, -0.2) is 67.0 Å². The molecule has 2 fully saturated rings. The van der Waals surface area contributed by atoms with Gasteiger partial charge in [0.2, 0.25) is 11.8 Å². The molecule has 0 spiro atoms. The van der Waals surface area contributed by atoms with Crippen molar-refractivity contribution in [1.82, 2.24) is 9.88 Å². The van der Waals surface area contributed by atoms with Crippen LogP contribution in [0.15, 0.2) is 48.5 Å². The summed E-state index contributed by atoms with van der Waals surface area (Å²) in [4.78, 5) is 47.7. The highest BCUT2D eigenvalue weighted by Crippen LogP contribution is 2.30. The lowest BCUT2D eigenvalue weighted by molar-refractivity contribution is -0.121. The first-order valence-electron chi connectivity index (χ1n) is 11.5. The van der Waals surface area contributed by atoms with Crippen LogP contribution < -0.4 is 9.80 Å². The van der Waals surface area contributed by atoms with Gasteiger partial charge in [-0.1, -0.05) is 23.5 Å². The summed E-state index contributed by atoms with van der Waals surface area (Å²) >= 11 is 1.50. The number of aromatic nitrogens is 1. The van der Waals surface area contributed by atoms with Crippen LogP contribution in [-0.2, 0) is 14.3 Å². The number of nitrogens with zero attached hydrogens (tertiary/aromatic N) is 4. The van der Waals surface area contributed by atoms with E-state index in [1.165, 1.54) is 16.2 Å². The van der Waals surface area contributed by atoms with Crippen LogP contribution in [0.4, 0.5) is 10.8 Å². The Balaban J connectivity index is 1.36. The van der Waals surface area contributed by atoms with E-state index in [0.29, 0.717) is 22.9 Å². The molecular weight excluding hydrogens is 452 g/mol. The van der Waals surface area contributed by atoms with Crippen molar-refractivity contribution in [1.29, 1.82) is 0 Å². The van der Waals surface area contributed by atoms with E-state index in [9.17, 15) is 14.4 Å². The lowest BCUT2D eigenvalue weighted by Gasteiger charge is -2.27. The maximum absolute atomic E-state index is 13.6. The molecule has 3 aromatic rings. The molecule has 3 amide bonds. The summed E-state index contributed by atoms with van der Waals surface area (Å²) in [6, 6.07) is 14.6. The fourth-order valence-electron chi connectivity index (χ4n) is 4.31. The Kier molecular flexibility index (Phi) is 6.66. The van der Waals surface area contributed by atoms with E-state index in [2.05, 4.69) is 4.90 Å². The Bertz CT molecular complexity index is 1150. The quantitative estimate of drug-likeness (QED) is 0.485. The van der Waals surface area contributed by atoms with Crippen molar-refractivity contribution >= 4 is 50.1 Å². The van der Waals surface area contributed by atoms with Gasteiger partial charge in [-0.3, -0.25) is 29.1 Å². The molecule has 9 heteroatoms. The normalized spacial score (nSPS) is 17.0. The van der Waals surface area contributed by atoms with Crippen LogP contribution in [0.2, 0.25) is 0 Å². The van der Waals surface area contributed by atoms with Gasteiger partial charge in [0, 0.05) is 44.6 Å². The second kappa shape index (κ2) is 10.0. The number of hydrogen-bond donors (Lipinski definition) is 0. The van der Waals surface area contributed by atoms with Crippen LogP contribution in [0.1, 0.15) is 29.6 Å². The third-order valence-corrected chi connectivity index (χ3v) is 7.20. The average Bonchev–Trinajstić information content (AvgIpc) is 3.44. The fraction of sp³-hybridized carbons (Fsp3) is 0.360. The Labute approximate surface area is 201 Å². The number of rotatable bonds is 7. The average molecular weight is 479 g/mol. The smallest absolute Gasteiger partial charge is 0.260 e. The lowest BCUT2D eigenvalue weighted by Crippen LogP contribution is -2.39. The number of fused-ring (bicyclic) bond motifs is 1. The second-order valence-corrected chi connectivity index (χ2v) is 9.41. The van der Waals surface area contributed by atoms with Crippen LogP contribution in [0.25, 0.3) is 10.2 Å². The van der Waals surface area contributed by atoms with Gasteiger partial charge in [-0.05, 0) is 42.8 Å². The number of imide groups is 1. The molecule has 2 aliphatic rings. The van der Waals surface area contributed by atoms with Crippen LogP contribution >= 0.6 is 11.3 Å². The van der Waals surface area contributed by atoms with Crippen LogP contribution in [0.5, 0.6) is 0 Å². The summed E-state index contributed by atoms with van der Waals surface area (Å²) in [7, 11) is 0. The molecular formula is C25H26N4O4S. The Morgan fingerprint density at radius 1 is 1.00 bits per heavy atom. The zero-order valence-electron chi connectivity index (χ0n) is 18.8. The maximum atomic E-state index is 13.6. The minimum Gasteiger partial charge on any atom is -0.379 e. The second-order valence-electron chi connectivity index (χ2n) is 8.40. The third kappa shape index (κ3) is 4.72. The molecule has 0 unspecified atom stereocenters. The number of thiazole rings is 1. The summed E-state index contributed by atoms with van der Waals surface area (Å²) in [5.74, 6) is -0.557. The standard InChI is InChI=1S/C25H26N4O4S/c30-22-10-11-23(31)29(22)19-8-6-18(7-9-19)24(32)28(13-3-12-27-14-16-33-17-15-27)25-26-20-4-1-2-5-21(20)34-25/h1-2,4-9H,3,10-17H2. The van der Waals surface area contributed by atoms with Gasteiger partial charge >= 0.3 is 0 Å². The summed E-state index contributed by atoms with van der Waals surface area (Å²) in [5, 5.41) is 0.669. The molecule has 0 saturated carbocycles. The fourth-order valence-corrected chi connectivity index (χ4v) is 5.30. The van der Waals surface area contributed by atoms with Crippen molar-refractivity contribution in [2.45, 2.75) is 19.3 Å². The van der Waals surface area contributed by atoms with Gasteiger partial charge in [0.25, 0.3) is 5.91 Å². The van der Waals surface area contributed by atoms with Crippen LogP contribution in [0.3, 0.4) is 0 Å². The highest BCUT2D eigenvalue weighted by atomic mass is 32.1. The van der Waals surface area contributed by atoms with E-state index < -0.39 is 0 Å². The van der Waals surface area contributed by atoms with Crippen LogP contribution in [0, 0.1) is 0 Å². The number of anilines is 2. The molecule has 1 aromatic heterocycles. The predicted molar refractivity (Wildman–Crippen MR) is 131 cm³/mol. The van der Waals surface area contributed by atoms with E-state index in [0.717, 1.165) is 49.5 Å². The highest BCUT2D eigenvalue weighted by molar-refractivity contribution is 7.22. The minimum atomic E-state index is -0.205. The maximum Gasteiger partial charge on any atom is 0.260 e. The van der Waals surface area contributed by atoms with Crippen molar-refractivity contribution in [3.8, 4) is 0 Å². The van der Waals surface area contributed by atoms with Gasteiger partial charge in [-0.25, -0.2) is 4.98 Å². The van der Waals surface area contributed by atoms with Crippen molar-refractivity contribution < 1.29 is 19.1 Å². The van der Waals surface area contributed by atoms with Gasteiger partial charge < -0.3 is 4.74 Å². The molecule has 0 radical (unpaired) electrons. The van der Waals surface area contributed by atoms with Gasteiger partial charge in [0.1, 0.15) is 0 Å². The molecule has 5 rings (SSSR count). The zero-order valence-corrected chi connectivity index (χ0v) is 19.6. The minimum absolute atomic E-state index is 0.147. The topological polar surface area (TPSA) is 83.1 Å². The number of carbonyl (C=O) groups excluding carboxylic acids is 3. The summed E-state index contributed by atoms with van der Waals surface area (Å²) in [6.07, 6.45) is 1.28. The Morgan fingerprint density at radius 2 is 1.71 bits per heavy atom. The number of benzene rings is 2. The number of amides is 3. The van der Waals surface area contributed by atoms with E-state index >= 15 is 0 Å². The Morgan fingerprint density at radius 3 is 2.41 bits per heavy atom. The molecule has 2 aromatic carbocycles. The molecule has 176 valence electrons. The number of ether oxygens (including phenoxy) is 1. The van der Waals surface area contributed by atoms with E-state index in [1.54, 1.807) is 29.2 Å². The van der Waals surface area contributed by atoms with E-state index in [4.69, 9.17) is 9.72 Å². The molecule has 0 aliphatic carbocycles. The first-order chi connectivity index (χ1) is 16.6. The number of carbonyl (C=O) groups is 3. The van der Waals surface area contributed by atoms with Crippen molar-refractivity contribution in [2.24, 2.45) is 0 Å².